The Balaban J connectivity index is 2.19. The highest BCUT2D eigenvalue weighted by Gasteiger charge is 2.15. The second-order valence-electron chi connectivity index (χ2n) is 3.91. The number of carboxylic acid groups (broad SMARTS) is 1. The molecule has 0 unspecified atom stereocenters. The Morgan fingerprint density at radius 1 is 1.28 bits per heavy atom. The summed E-state index contributed by atoms with van der Waals surface area (Å²) in [5, 5.41) is 8.67. The average molecular weight is 310 g/mol. The molecule has 18 heavy (non-hydrogen) atoms. The Kier molecular flexibility index (Phi) is 3.84. The summed E-state index contributed by atoms with van der Waals surface area (Å²) in [6, 6.07) is 10.5. The predicted octanol–water partition coefficient (Wildman–Crippen LogP) is 3.18. The molecule has 0 fully saturated rings. The number of hydrogen-bond acceptors (Lipinski definition) is 3. The van der Waals surface area contributed by atoms with E-state index in [1.807, 2.05) is 24.3 Å². The molecule has 0 amide bonds. The lowest BCUT2D eigenvalue weighted by molar-refractivity contribution is -0.137. The zero-order valence-electron chi connectivity index (χ0n) is 9.47. The lowest BCUT2D eigenvalue weighted by Gasteiger charge is -2.04. The minimum atomic E-state index is -0.941. The van der Waals surface area contributed by atoms with Crippen LogP contribution < -0.4 is 5.73 Å². The first-order valence-corrected chi connectivity index (χ1v) is 6.18. The molecule has 0 spiro atoms. The molecule has 1 heterocycles. The van der Waals surface area contributed by atoms with Gasteiger partial charge >= 0.3 is 5.97 Å². The van der Waals surface area contributed by atoms with E-state index in [1.165, 1.54) is 0 Å². The molecule has 0 radical (unpaired) electrons. The summed E-state index contributed by atoms with van der Waals surface area (Å²) in [5.41, 5.74) is 6.65. The molecule has 5 heteroatoms. The van der Waals surface area contributed by atoms with Crippen LogP contribution in [0.2, 0.25) is 0 Å². The van der Waals surface area contributed by atoms with Gasteiger partial charge in [-0.1, -0.05) is 28.1 Å². The van der Waals surface area contributed by atoms with Crippen LogP contribution in [0.3, 0.4) is 0 Å². The van der Waals surface area contributed by atoms with Gasteiger partial charge in [0.25, 0.3) is 0 Å². The maximum absolute atomic E-state index is 10.6. The van der Waals surface area contributed by atoms with Gasteiger partial charge in [-0.05, 0) is 24.3 Å². The van der Waals surface area contributed by atoms with Gasteiger partial charge in [0.15, 0.2) is 0 Å². The molecule has 1 atom stereocenters. The van der Waals surface area contributed by atoms with Crippen molar-refractivity contribution in [3.05, 3.63) is 46.6 Å². The van der Waals surface area contributed by atoms with E-state index < -0.39 is 12.0 Å². The van der Waals surface area contributed by atoms with Crippen molar-refractivity contribution in [1.82, 2.24) is 0 Å². The molecular weight excluding hydrogens is 298 g/mol. The van der Waals surface area contributed by atoms with E-state index in [4.69, 9.17) is 15.3 Å². The quantitative estimate of drug-likeness (QED) is 0.909. The van der Waals surface area contributed by atoms with Crippen molar-refractivity contribution in [2.45, 2.75) is 12.5 Å². The smallest absolute Gasteiger partial charge is 0.305 e. The maximum Gasteiger partial charge on any atom is 0.305 e. The van der Waals surface area contributed by atoms with E-state index >= 15 is 0 Å². The molecule has 0 aliphatic rings. The fourth-order valence-corrected chi connectivity index (χ4v) is 1.87. The van der Waals surface area contributed by atoms with Gasteiger partial charge in [-0.15, -0.1) is 0 Å². The summed E-state index contributed by atoms with van der Waals surface area (Å²) in [5.74, 6) is 0.220. The zero-order valence-corrected chi connectivity index (χ0v) is 11.1. The molecule has 0 saturated heterocycles. The number of nitrogens with two attached hydrogens (primary N) is 1. The van der Waals surface area contributed by atoms with Crippen LogP contribution in [0.15, 0.2) is 45.3 Å². The number of carboxylic acids is 1. The molecule has 4 nitrogen and oxygen atoms in total. The van der Waals surface area contributed by atoms with Crippen molar-refractivity contribution >= 4 is 21.9 Å². The highest BCUT2D eigenvalue weighted by Crippen LogP contribution is 2.26. The molecular formula is C13H12BrNO3. The topological polar surface area (TPSA) is 76.5 Å². The fourth-order valence-electron chi connectivity index (χ4n) is 1.61. The Hall–Kier alpha value is -1.59. The van der Waals surface area contributed by atoms with Gasteiger partial charge in [-0.2, -0.15) is 0 Å². The second kappa shape index (κ2) is 5.37. The molecule has 94 valence electrons. The number of aliphatic carboxylic acids is 1. The summed E-state index contributed by atoms with van der Waals surface area (Å²) in [6.07, 6.45) is -0.146. The second-order valence-corrected chi connectivity index (χ2v) is 4.83. The third-order valence-electron chi connectivity index (χ3n) is 2.52. The van der Waals surface area contributed by atoms with Gasteiger partial charge in [0, 0.05) is 10.0 Å². The van der Waals surface area contributed by atoms with Gasteiger partial charge in [0.2, 0.25) is 0 Å². The Morgan fingerprint density at radius 2 is 1.94 bits per heavy atom. The molecule has 1 aromatic carbocycles. The SMILES string of the molecule is N[C@@H](CC(=O)O)c1ccc(-c2ccc(Br)cc2)o1. The maximum atomic E-state index is 10.6. The van der Waals surface area contributed by atoms with Crippen molar-refractivity contribution in [3.8, 4) is 11.3 Å². The van der Waals surface area contributed by atoms with Crippen LogP contribution in [0.1, 0.15) is 18.2 Å². The standard InChI is InChI=1S/C13H12BrNO3/c14-9-3-1-8(2-4-9)11-5-6-12(18-11)10(15)7-13(16)17/h1-6,10H,7,15H2,(H,16,17)/t10-/m0/s1. The first kappa shape index (κ1) is 12.9. The van der Waals surface area contributed by atoms with Crippen LogP contribution in [0.4, 0.5) is 0 Å². The van der Waals surface area contributed by atoms with Crippen molar-refractivity contribution in [3.63, 3.8) is 0 Å². The van der Waals surface area contributed by atoms with E-state index in [9.17, 15) is 4.79 Å². The number of furan rings is 1. The minimum absolute atomic E-state index is 0.146. The van der Waals surface area contributed by atoms with Crippen molar-refractivity contribution in [2.24, 2.45) is 5.73 Å². The lowest BCUT2D eigenvalue weighted by Crippen LogP contribution is -2.14. The highest BCUT2D eigenvalue weighted by molar-refractivity contribution is 9.10. The van der Waals surface area contributed by atoms with Crippen molar-refractivity contribution in [1.29, 1.82) is 0 Å². The Morgan fingerprint density at radius 3 is 2.56 bits per heavy atom. The zero-order chi connectivity index (χ0) is 13.1. The highest BCUT2D eigenvalue weighted by atomic mass is 79.9. The van der Waals surface area contributed by atoms with Crippen LogP contribution in [-0.2, 0) is 4.79 Å². The van der Waals surface area contributed by atoms with Gasteiger partial charge in [0.05, 0.1) is 12.5 Å². The lowest BCUT2D eigenvalue weighted by atomic mass is 10.1. The first-order chi connectivity index (χ1) is 8.56. The fraction of sp³-hybridized carbons (Fsp3) is 0.154. The summed E-state index contributed by atoms with van der Waals surface area (Å²) >= 11 is 3.36. The first-order valence-electron chi connectivity index (χ1n) is 5.39. The number of halogens is 1. The Bertz CT molecular complexity index is 548. The largest absolute Gasteiger partial charge is 0.481 e. The van der Waals surface area contributed by atoms with Gasteiger partial charge in [0.1, 0.15) is 11.5 Å². The Labute approximate surface area is 113 Å². The van der Waals surface area contributed by atoms with E-state index in [1.54, 1.807) is 12.1 Å². The summed E-state index contributed by atoms with van der Waals surface area (Å²) in [4.78, 5) is 10.6. The summed E-state index contributed by atoms with van der Waals surface area (Å²) in [7, 11) is 0. The van der Waals surface area contributed by atoms with Crippen LogP contribution in [0, 0.1) is 0 Å². The van der Waals surface area contributed by atoms with E-state index in [0.717, 1.165) is 10.0 Å². The van der Waals surface area contributed by atoms with Gasteiger partial charge < -0.3 is 15.3 Å². The van der Waals surface area contributed by atoms with Crippen molar-refractivity contribution in [2.75, 3.05) is 0 Å². The third kappa shape index (κ3) is 3.00. The molecule has 2 aromatic rings. The number of benzene rings is 1. The van der Waals surface area contributed by atoms with Crippen LogP contribution in [0.5, 0.6) is 0 Å². The molecule has 0 aliphatic carbocycles. The molecule has 0 saturated carbocycles. The molecule has 2 rings (SSSR count). The van der Waals surface area contributed by atoms with E-state index in [0.29, 0.717) is 11.5 Å². The minimum Gasteiger partial charge on any atom is -0.481 e. The number of rotatable bonds is 4. The summed E-state index contributed by atoms with van der Waals surface area (Å²) < 4.78 is 6.56. The van der Waals surface area contributed by atoms with Crippen LogP contribution in [0.25, 0.3) is 11.3 Å². The number of carbonyl (C=O) groups is 1. The normalized spacial score (nSPS) is 12.3. The molecule has 0 aliphatic heterocycles. The number of hydrogen-bond donors (Lipinski definition) is 2. The third-order valence-corrected chi connectivity index (χ3v) is 3.04. The monoisotopic (exact) mass is 309 g/mol. The average Bonchev–Trinajstić information content (AvgIpc) is 2.78. The molecule has 3 N–H and O–H groups in total. The summed E-state index contributed by atoms with van der Waals surface area (Å²) in [6.45, 7) is 0. The molecule has 0 bridgehead atoms. The van der Waals surface area contributed by atoms with E-state index in [-0.39, 0.29) is 6.42 Å². The predicted molar refractivity (Wildman–Crippen MR) is 71.0 cm³/mol. The molecule has 1 aromatic heterocycles. The van der Waals surface area contributed by atoms with Crippen LogP contribution in [-0.4, -0.2) is 11.1 Å². The van der Waals surface area contributed by atoms with Crippen molar-refractivity contribution < 1.29 is 14.3 Å². The van der Waals surface area contributed by atoms with Gasteiger partial charge in [-0.25, -0.2) is 0 Å². The van der Waals surface area contributed by atoms with E-state index in [2.05, 4.69) is 15.9 Å². The van der Waals surface area contributed by atoms with Crippen LogP contribution >= 0.6 is 15.9 Å². The van der Waals surface area contributed by atoms with Gasteiger partial charge in [-0.3, -0.25) is 4.79 Å².